The molecule has 1 amide bonds. The third-order valence-electron chi connectivity index (χ3n) is 4.69. The molecule has 4 rings (SSSR count). The molecule has 0 bridgehead atoms. The van der Waals surface area contributed by atoms with Gasteiger partial charge < -0.3 is 9.88 Å². The average molecular weight is 391 g/mol. The van der Waals surface area contributed by atoms with Crippen LogP contribution in [0.2, 0.25) is 0 Å². The molecule has 2 heterocycles. The van der Waals surface area contributed by atoms with Crippen molar-refractivity contribution in [2.24, 2.45) is 7.05 Å². The Morgan fingerprint density at radius 2 is 1.86 bits per heavy atom. The second-order valence-corrected chi connectivity index (χ2v) is 6.62. The normalized spacial score (nSPS) is 11.0. The maximum atomic E-state index is 14.2. The number of fused-ring (bicyclic) bond motifs is 1. The van der Waals surface area contributed by atoms with E-state index in [9.17, 15) is 14.0 Å². The van der Waals surface area contributed by atoms with Crippen LogP contribution in [0.4, 0.5) is 4.39 Å². The molecule has 0 spiro atoms. The first-order valence-corrected chi connectivity index (χ1v) is 9.00. The summed E-state index contributed by atoms with van der Waals surface area (Å²) in [6.07, 6.45) is 0. The molecule has 2 aromatic carbocycles. The highest BCUT2D eigenvalue weighted by Gasteiger charge is 2.17. The predicted octanol–water partition coefficient (Wildman–Crippen LogP) is 2.50. The molecule has 0 aliphatic carbocycles. The number of para-hydroxylation sites is 3. The Bertz CT molecular complexity index is 1290. The van der Waals surface area contributed by atoms with Crippen molar-refractivity contribution in [3.05, 3.63) is 87.9 Å². The molecule has 2 aromatic heterocycles. The van der Waals surface area contributed by atoms with E-state index in [1.54, 1.807) is 19.1 Å². The van der Waals surface area contributed by atoms with Crippen LogP contribution in [0.15, 0.2) is 59.4 Å². The number of aromatic nitrogens is 4. The van der Waals surface area contributed by atoms with Crippen molar-refractivity contribution in [2.75, 3.05) is 0 Å². The van der Waals surface area contributed by atoms with Crippen LogP contribution in [-0.2, 0) is 13.6 Å². The fourth-order valence-corrected chi connectivity index (χ4v) is 3.17. The first-order valence-electron chi connectivity index (χ1n) is 9.00. The van der Waals surface area contributed by atoms with Gasteiger partial charge in [0.05, 0.1) is 17.6 Å². The van der Waals surface area contributed by atoms with Gasteiger partial charge in [-0.1, -0.05) is 24.3 Å². The van der Waals surface area contributed by atoms with Crippen molar-refractivity contribution in [3.63, 3.8) is 0 Å². The number of halogens is 1. The number of hydrogen-bond acceptors (Lipinski definition) is 4. The standard InChI is InChI=1S/C21H18FN5O2/c1-13-11-18(28)20(25-27(13)16-9-5-3-7-14(16)22)21(29)23-12-19-24-15-8-4-6-10-17(15)26(19)2/h3-11H,12H2,1-2H3,(H,23,29). The molecule has 4 aromatic rings. The van der Waals surface area contributed by atoms with Gasteiger partial charge in [-0.3, -0.25) is 9.59 Å². The van der Waals surface area contributed by atoms with Crippen molar-refractivity contribution in [2.45, 2.75) is 13.5 Å². The SMILES string of the molecule is Cc1cc(=O)c(C(=O)NCc2nc3ccccc3n2C)nn1-c1ccccc1F. The number of carbonyl (C=O) groups is 1. The molecular weight excluding hydrogens is 373 g/mol. The Morgan fingerprint density at radius 3 is 2.62 bits per heavy atom. The number of carbonyl (C=O) groups excluding carboxylic acids is 1. The summed E-state index contributed by atoms with van der Waals surface area (Å²) in [6.45, 7) is 1.75. The van der Waals surface area contributed by atoms with Crippen molar-refractivity contribution >= 4 is 16.9 Å². The van der Waals surface area contributed by atoms with Gasteiger partial charge in [0.25, 0.3) is 5.91 Å². The van der Waals surface area contributed by atoms with E-state index in [1.165, 1.54) is 22.9 Å². The van der Waals surface area contributed by atoms with E-state index >= 15 is 0 Å². The number of nitrogens with zero attached hydrogens (tertiary/aromatic N) is 4. The zero-order valence-electron chi connectivity index (χ0n) is 15.9. The largest absolute Gasteiger partial charge is 0.343 e. The summed E-state index contributed by atoms with van der Waals surface area (Å²) < 4.78 is 17.3. The lowest BCUT2D eigenvalue weighted by Gasteiger charge is -2.12. The Labute approximate surface area is 165 Å². The molecule has 1 N–H and O–H groups in total. The third kappa shape index (κ3) is 3.40. The minimum Gasteiger partial charge on any atom is -0.343 e. The van der Waals surface area contributed by atoms with Crippen LogP contribution in [0, 0.1) is 12.7 Å². The molecule has 0 unspecified atom stereocenters. The highest BCUT2D eigenvalue weighted by Crippen LogP contribution is 2.15. The van der Waals surface area contributed by atoms with Crippen LogP contribution in [0.5, 0.6) is 0 Å². The molecule has 8 heteroatoms. The Morgan fingerprint density at radius 1 is 1.14 bits per heavy atom. The van der Waals surface area contributed by atoms with Crippen molar-refractivity contribution < 1.29 is 9.18 Å². The van der Waals surface area contributed by atoms with Gasteiger partial charge in [0.2, 0.25) is 5.43 Å². The number of benzene rings is 2. The molecule has 0 radical (unpaired) electrons. The number of nitrogens with one attached hydrogen (secondary N) is 1. The van der Waals surface area contributed by atoms with E-state index in [-0.39, 0.29) is 17.9 Å². The zero-order chi connectivity index (χ0) is 20.5. The number of aryl methyl sites for hydroxylation is 2. The fraction of sp³-hybridized carbons (Fsp3) is 0.143. The lowest BCUT2D eigenvalue weighted by atomic mass is 10.2. The lowest BCUT2D eigenvalue weighted by molar-refractivity contribution is 0.0941. The Hall–Kier alpha value is -3.81. The van der Waals surface area contributed by atoms with E-state index in [0.717, 1.165) is 11.0 Å². The first kappa shape index (κ1) is 18.5. The second kappa shape index (κ2) is 7.31. The fourth-order valence-electron chi connectivity index (χ4n) is 3.17. The molecule has 0 fully saturated rings. The summed E-state index contributed by atoms with van der Waals surface area (Å²) in [4.78, 5) is 29.4. The van der Waals surface area contributed by atoms with Gasteiger partial charge >= 0.3 is 0 Å². The number of amides is 1. The van der Waals surface area contributed by atoms with Gasteiger partial charge in [0.1, 0.15) is 17.3 Å². The molecular formula is C21H18FN5O2. The van der Waals surface area contributed by atoms with Gasteiger partial charge in [-0.25, -0.2) is 14.1 Å². The van der Waals surface area contributed by atoms with Crippen LogP contribution >= 0.6 is 0 Å². The van der Waals surface area contributed by atoms with Crippen LogP contribution in [0.3, 0.4) is 0 Å². The minimum atomic E-state index is -0.646. The topological polar surface area (TPSA) is 81.8 Å². The highest BCUT2D eigenvalue weighted by atomic mass is 19.1. The summed E-state index contributed by atoms with van der Waals surface area (Å²) in [5.41, 5.74) is 1.50. The van der Waals surface area contributed by atoms with Crippen LogP contribution in [-0.4, -0.2) is 25.2 Å². The van der Waals surface area contributed by atoms with Gasteiger partial charge in [0.15, 0.2) is 5.69 Å². The molecule has 0 saturated heterocycles. The van der Waals surface area contributed by atoms with E-state index in [4.69, 9.17) is 0 Å². The summed E-state index contributed by atoms with van der Waals surface area (Å²) >= 11 is 0. The van der Waals surface area contributed by atoms with Gasteiger partial charge in [-0.15, -0.1) is 0 Å². The van der Waals surface area contributed by atoms with E-state index in [2.05, 4.69) is 15.4 Å². The monoisotopic (exact) mass is 391 g/mol. The molecule has 0 saturated carbocycles. The Kier molecular flexibility index (Phi) is 4.67. The average Bonchev–Trinajstić information content (AvgIpc) is 3.03. The molecule has 7 nitrogen and oxygen atoms in total. The van der Waals surface area contributed by atoms with E-state index in [0.29, 0.717) is 11.5 Å². The quantitative estimate of drug-likeness (QED) is 0.580. The third-order valence-corrected chi connectivity index (χ3v) is 4.69. The zero-order valence-corrected chi connectivity index (χ0v) is 15.9. The number of hydrogen-bond donors (Lipinski definition) is 1. The van der Waals surface area contributed by atoms with Crippen molar-refractivity contribution in [1.82, 2.24) is 24.6 Å². The van der Waals surface area contributed by atoms with Crippen LogP contribution in [0.1, 0.15) is 22.0 Å². The molecule has 146 valence electrons. The molecule has 0 atom stereocenters. The summed E-state index contributed by atoms with van der Waals surface area (Å²) in [6, 6.07) is 14.9. The minimum absolute atomic E-state index is 0.124. The Balaban J connectivity index is 1.63. The smallest absolute Gasteiger partial charge is 0.276 e. The summed E-state index contributed by atoms with van der Waals surface area (Å²) in [5, 5.41) is 6.78. The van der Waals surface area contributed by atoms with Gasteiger partial charge in [-0.2, -0.15) is 5.10 Å². The molecule has 0 aliphatic rings. The van der Waals surface area contributed by atoms with Crippen molar-refractivity contribution in [1.29, 1.82) is 0 Å². The van der Waals surface area contributed by atoms with Gasteiger partial charge in [0, 0.05) is 18.8 Å². The first-order chi connectivity index (χ1) is 14.0. The molecule has 0 aliphatic heterocycles. The van der Waals surface area contributed by atoms with Crippen LogP contribution < -0.4 is 10.7 Å². The van der Waals surface area contributed by atoms with Gasteiger partial charge in [-0.05, 0) is 31.2 Å². The maximum Gasteiger partial charge on any atom is 0.276 e. The van der Waals surface area contributed by atoms with E-state index < -0.39 is 17.2 Å². The number of imidazole rings is 1. The predicted molar refractivity (Wildman–Crippen MR) is 106 cm³/mol. The highest BCUT2D eigenvalue weighted by molar-refractivity contribution is 5.92. The maximum absolute atomic E-state index is 14.2. The van der Waals surface area contributed by atoms with E-state index in [1.807, 2.05) is 35.9 Å². The summed E-state index contributed by atoms with van der Waals surface area (Å²) in [5.74, 6) is -0.508. The number of rotatable bonds is 4. The van der Waals surface area contributed by atoms with Crippen LogP contribution in [0.25, 0.3) is 16.7 Å². The summed E-state index contributed by atoms with van der Waals surface area (Å²) in [7, 11) is 1.85. The molecule has 29 heavy (non-hydrogen) atoms. The second-order valence-electron chi connectivity index (χ2n) is 6.62. The van der Waals surface area contributed by atoms with Crippen molar-refractivity contribution in [3.8, 4) is 5.69 Å². The lowest BCUT2D eigenvalue weighted by Crippen LogP contribution is -2.32.